The van der Waals surface area contributed by atoms with Crippen molar-refractivity contribution in [1.82, 2.24) is 4.90 Å². The molecule has 126 valence electrons. The first-order valence-electron chi connectivity index (χ1n) is 8.22. The van der Waals surface area contributed by atoms with Crippen LogP contribution in [0, 0.1) is 0 Å². The van der Waals surface area contributed by atoms with Crippen molar-refractivity contribution in [3.63, 3.8) is 0 Å². The number of ether oxygens (including phenoxy) is 2. The van der Waals surface area contributed by atoms with Gasteiger partial charge in [0.05, 0.1) is 6.04 Å². The standard InChI is InChI=1S/C20H17NO3S/c22-18-11-10-17(24-18)19-16-9-5-4-6-14(16)12-13-21(19)20(25)23-15-7-2-1-3-8-15/h1-11,17,19H,12-13H2/t17-,19+/m0/s1. The minimum Gasteiger partial charge on any atom is -0.452 e. The zero-order chi connectivity index (χ0) is 17.2. The van der Waals surface area contributed by atoms with Crippen molar-refractivity contribution in [3.8, 4) is 5.75 Å². The molecule has 0 radical (unpaired) electrons. The Balaban J connectivity index is 1.65. The summed E-state index contributed by atoms with van der Waals surface area (Å²) in [4.78, 5) is 13.6. The number of para-hydroxylation sites is 1. The monoisotopic (exact) mass is 351 g/mol. The molecule has 0 fully saturated rings. The Bertz CT molecular complexity index is 834. The van der Waals surface area contributed by atoms with Gasteiger partial charge < -0.3 is 14.4 Å². The van der Waals surface area contributed by atoms with Gasteiger partial charge in [-0.05, 0) is 48.0 Å². The molecule has 0 unspecified atom stereocenters. The Hall–Kier alpha value is -2.66. The van der Waals surface area contributed by atoms with Crippen LogP contribution in [0.3, 0.4) is 0 Å². The second kappa shape index (κ2) is 6.69. The first-order valence-corrected chi connectivity index (χ1v) is 8.63. The molecule has 0 saturated carbocycles. The van der Waals surface area contributed by atoms with Crippen molar-refractivity contribution in [3.05, 3.63) is 77.9 Å². The highest BCUT2D eigenvalue weighted by atomic mass is 32.1. The summed E-state index contributed by atoms with van der Waals surface area (Å²) < 4.78 is 11.4. The van der Waals surface area contributed by atoms with Gasteiger partial charge in [0.25, 0.3) is 5.17 Å². The minimum absolute atomic E-state index is 0.177. The third-order valence-corrected chi connectivity index (χ3v) is 4.82. The van der Waals surface area contributed by atoms with Crippen LogP contribution >= 0.6 is 12.2 Å². The molecule has 2 aliphatic rings. The molecule has 2 aliphatic heterocycles. The maximum absolute atomic E-state index is 11.6. The lowest BCUT2D eigenvalue weighted by molar-refractivity contribution is -0.140. The van der Waals surface area contributed by atoms with E-state index in [0.717, 1.165) is 18.5 Å². The van der Waals surface area contributed by atoms with E-state index in [2.05, 4.69) is 12.1 Å². The Morgan fingerprint density at radius 2 is 1.88 bits per heavy atom. The fourth-order valence-corrected chi connectivity index (χ4v) is 3.66. The molecule has 4 nitrogen and oxygen atoms in total. The van der Waals surface area contributed by atoms with Gasteiger partial charge in [-0.1, -0.05) is 42.5 Å². The first-order chi connectivity index (χ1) is 12.2. The number of rotatable bonds is 2. The van der Waals surface area contributed by atoms with E-state index in [9.17, 15) is 4.79 Å². The van der Waals surface area contributed by atoms with E-state index in [1.807, 2.05) is 47.4 Å². The van der Waals surface area contributed by atoms with Crippen molar-refractivity contribution in [2.24, 2.45) is 0 Å². The van der Waals surface area contributed by atoms with E-state index < -0.39 is 0 Å². The van der Waals surface area contributed by atoms with Gasteiger partial charge >= 0.3 is 5.97 Å². The second-order valence-corrected chi connectivity index (χ2v) is 6.38. The lowest BCUT2D eigenvalue weighted by atomic mass is 9.89. The molecule has 0 spiro atoms. The van der Waals surface area contributed by atoms with Crippen LogP contribution in [0.1, 0.15) is 17.2 Å². The molecule has 0 bridgehead atoms. The molecule has 2 aromatic carbocycles. The molecule has 2 aromatic rings. The molecule has 2 atom stereocenters. The van der Waals surface area contributed by atoms with Gasteiger partial charge in [-0.3, -0.25) is 0 Å². The quantitative estimate of drug-likeness (QED) is 0.612. The zero-order valence-corrected chi connectivity index (χ0v) is 14.3. The Kier molecular flexibility index (Phi) is 4.24. The number of cyclic esters (lactones) is 1. The summed E-state index contributed by atoms with van der Waals surface area (Å²) in [6.45, 7) is 0.717. The highest BCUT2D eigenvalue weighted by molar-refractivity contribution is 7.80. The fourth-order valence-electron chi connectivity index (χ4n) is 3.36. The Morgan fingerprint density at radius 1 is 1.12 bits per heavy atom. The van der Waals surface area contributed by atoms with Crippen molar-refractivity contribution < 1.29 is 14.3 Å². The maximum atomic E-state index is 11.6. The number of esters is 1. The number of carbonyl (C=O) groups is 1. The predicted octanol–water partition coefficient (Wildman–Crippen LogP) is 3.43. The van der Waals surface area contributed by atoms with Crippen LogP contribution in [0.4, 0.5) is 0 Å². The lowest BCUT2D eigenvalue weighted by Gasteiger charge is -2.40. The zero-order valence-electron chi connectivity index (χ0n) is 13.5. The van der Waals surface area contributed by atoms with Crippen LogP contribution in [0.2, 0.25) is 0 Å². The summed E-state index contributed by atoms with van der Waals surface area (Å²) in [5.41, 5.74) is 2.37. The number of nitrogens with zero attached hydrogens (tertiary/aromatic N) is 1. The van der Waals surface area contributed by atoms with E-state index in [0.29, 0.717) is 10.9 Å². The number of thiocarbonyl (C=S) groups is 1. The van der Waals surface area contributed by atoms with Gasteiger partial charge in [0.1, 0.15) is 11.9 Å². The number of hydrogen-bond donors (Lipinski definition) is 0. The summed E-state index contributed by atoms with van der Waals surface area (Å²) in [7, 11) is 0. The van der Waals surface area contributed by atoms with Crippen LogP contribution < -0.4 is 4.74 Å². The number of fused-ring (bicyclic) bond motifs is 1. The van der Waals surface area contributed by atoms with Gasteiger partial charge in [0, 0.05) is 12.6 Å². The summed E-state index contributed by atoms with van der Waals surface area (Å²) in [6.07, 6.45) is 3.77. The molecule has 0 aliphatic carbocycles. The number of carbonyl (C=O) groups excluding carboxylic acids is 1. The van der Waals surface area contributed by atoms with E-state index in [-0.39, 0.29) is 18.1 Å². The Labute approximate surface area is 151 Å². The topological polar surface area (TPSA) is 38.8 Å². The van der Waals surface area contributed by atoms with Gasteiger partial charge in [-0.2, -0.15) is 0 Å². The van der Waals surface area contributed by atoms with Crippen LogP contribution in [-0.2, 0) is 16.0 Å². The first kappa shape index (κ1) is 15.8. The van der Waals surface area contributed by atoms with Crippen molar-refractivity contribution in [2.75, 3.05) is 6.54 Å². The fraction of sp³-hybridized carbons (Fsp3) is 0.200. The van der Waals surface area contributed by atoms with Crippen LogP contribution in [0.5, 0.6) is 5.75 Å². The number of benzene rings is 2. The third-order valence-electron chi connectivity index (χ3n) is 4.50. The van der Waals surface area contributed by atoms with E-state index in [1.165, 1.54) is 11.6 Å². The summed E-state index contributed by atoms with van der Waals surface area (Å²) >= 11 is 5.57. The van der Waals surface area contributed by atoms with Gasteiger partial charge in [-0.15, -0.1) is 0 Å². The Morgan fingerprint density at radius 3 is 2.64 bits per heavy atom. The molecular weight excluding hydrogens is 334 g/mol. The minimum atomic E-state index is -0.369. The van der Waals surface area contributed by atoms with Crippen molar-refractivity contribution in [1.29, 1.82) is 0 Å². The third kappa shape index (κ3) is 3.15. The van der Waals surface area contributed by atoms with Gasteiger partial charge in [-0.25, -0.2) is 4.79 Å². The molecule has 4 rings (SSSR count). The average Bonchev–Trinajstić information content (AvgIpc) is 3.07. The lowest BCUT2D eigenvalue weighted by Crippen LogP contribution is -2.46. The van der Waals surface area contributed by atoms with Gasteiger partial charge in [0.15, 0.2) is 0 Å². The second-order valence-electron chi connectivity index (χ2n) is 6.03. The largest absolute Gasteiger partial charge is 0.452 e. The van der Waals surface area contributed by atoms with E-state index >= 15 is 0 Å². The highest BCUT2D eigenvalue weighted by Crippen LogP contribution is 2.36. The molecule has 25 heavy (non-hydrogen) atoms. The normalized spacial score (nSPS) is 21.6. The SMILES string of the molecule is O=C1C=C[C@@H]([C@H]2c3ccccc3CCN2C(=S)Oc2ccccc2)O1. The van der Waals surface area contributed by atoms with Crippen LogP contribution in [0.15, 0.2) is 66.7 Å². The molecule has 5 heteroatoms. The van der Waals surface area contributed by atoms with Crippen molar-refractivity contribution in [2.45, 2.75) is 18.6 Å². The molecule has 0 amide bonds. The average molecular weight is 351 g/mol. The molecular formula is C20H17NO3S. The molecule has 0 aromatic heterocycles. The molecule has 0 saturated heterocycles. The molecule has 0 N–H and O–H groups in total. The number of hydrogen-bond acceptors (Lipinski definition) is 4. The van der Waals surface area contributed by atoms with Gasteiger partial charge in [0.2, 0.25) is 0 Å². The summed E-state index contributed by atoms with van der Waals surface area (Å²) in [6, 6.07) is 17.5. The smallest absolute Gasteiger partial charge is 0.331 e. The summed E-state index contributed by atoms with van der Waals surface area (Å²) in [5, 5.41) is 0.391. The van der Waals surface area contributed by atoms with Crippen LogP contribution in [-0.4, -0.2) is 28.7 Å². The highest BCUT2D eigenvalue weighted by Gasteiger charge is 2.38. The van der Waals surface area contributed by atoms with E-state index in [4.69, 9.17) is 21.7 Å². The van der Waals surface area contributed by atoms with Crippen LogP contribution in [0.25, 0.3) is 0 Å². The summed E-state index contributed by atoms with van der Waals surface area (Å²) in [5.74, 6) is 0.381. The maximum Gasteiger partial charge on any atom is 0.331 e. The van der Waals surface area contributed by atoms with Crippen molar-refractivity contribution >= 4 is 23.4 Å². The predicted molar refractivity (Wildman–Crippen MR) is 98.3 cm³/mol. The molecule has 2 heterocycles. The van der Waals surface area contributed by atoms with E-state index in [1.54, 1.807) is 6.08 Å².